The van der Waals surface area contributed by atoms with Crippen LogP contribution in [-0.2, 0) is 9.47 Å². The first-order valence-electron chi connectivity index (χ1n) is 10.2. The number of rotatable bonds is 6. The fraction of sp³-hybridized carbons (Fsp3) is 0.455. The topological polar surface area (TPSA) is 72.9 Å². The fourth-order valence-electron chi connectivity index (χ4n) is 3.81. The van der Waals surface area contributed by atoms with Crippen molar-refractivity contribution >= 4 is 17.4 Å². The monoisotopic (exact) mass is 397 g/mol. The number of likely N-dealkylation sites (tertiary alicyclic amines) is 1. The Morgan fingerprint density at radius 2 is 1.90 bits per heavy atom. The second-order valence-corrected chi connectivity index (χ2v) is 7.22. The van der Waals surface area contributed by atoms with E-state index in [1.54, 1.807) is 12.3 Å². The Balaban J connectivity index is 1.41. The second kappa shape index (κ2) is 9.24. The van der Waals surface area contributed by atoms with Crippen molar-refractivity contribution in [3.05, 3.63) is 48.2 Å². The lowest BCUT2D eigenvalue weighted by atomic mass is 9.95. The molecule has 3 heterocycles. The Labute approximate surface area is 171 Å². The molecular formula is C22H27N3O4. The van der Waals surface area contributed by atoms with Crippen molar-refractivity contribution in [1.29, 1.82) is 0 Å². The third-order valence-electron chi connectivity index (χ3n) is 5.33. The highest BCUT2D eigenvalue weighted by molar-refractivity contribution is 5.99. The number of piperidine rings is 1. The lowest BCUT2D eigenvalue weighted by Gasteiger charge is -2.34. The predicted octanol–water partition coefficient (Wildman–Crippen LogP) is 3.45. The van der Waals surface area contributed by atoms with E-state index in [1.165, 1.54) is 0 Å². The molecule has 2 aromatic rings. The van der Waals surface area contributed by atoms with Gasteiger partial charge in [0.1, 0.15) is 11.6 Å². The number of benzene rings is 1. The Bertz CT molecular complexity index is 813. The maximum Gasteiger partial charge on any atom is 0.257 e. The number of hydrogen-bond acceptors (Lipinski definition) is 6. The summed E-state index contributed by atoms with van der Waals surface area (Å²) >= 11 is 0. The van der Waals surface area contributed by atoms with Crippen LogP contribution in [0.3, 0.4) is 0 Å². The van der Waals surface area contributed by atoms with Gasteiger partial charge in [-0.1, -0.05) is 0 Å². The summed E-state index contributed by atoms with van der Waals surface area (Å²) in [5.41, 5.74) is 1.43. The van der Waals surface area contributed by atoms with Crippen molar-refractivity contribution in [1.82, 2.24) is 9.88 Å². The van der Waals surface area contributed by atoms with Gasteiger partial charge in [-0.15, -0.1) is 0 Å². The zero-order valence-electron chi connectivity index (χ0n) is 16.7. The molecule has 0 unspecified atom stereocenters. The van der Waals surface area contributed by atoms with E-state index >= 15 is 0 Å². The summed E-state index contributed by atoms with van der Waals surface area (Å²) in [6, 6.07) is 11.2. The first kappa shape index (κ1) is 19.7. The molecular weight excluding hydrogens is 370 g/mol. The molecule has 1 N–H and O–H groups in total. The molecule has 2 aliphatic rings. The van der Waals surface area contributed by atoms with Crippen LogP contribution in [0.25, 0.3) is 0 Å². The van der Waals surface area contributed by atoms with Gasteiger partial charge in [0.15, 0.2) is 6.29 Å². The Kier molecular flexibility index (Phi) is 6.27. The standard InChI is InChI=1S/C22H27N3O4/c1-2-27-18-7-5-17(6-8-18)24-20-19(4-3-11-23-20)21(26)25-12-9-16(10-13-25)22-28-14-15-29-22/h3-8,11,16,22H,2,9-10,12-15H2,1H3,(H,23,24). The van der Waals surface area contributed by atoms with Gasteiger partial charge in [0.2, 0.25) is 0 Å². The number of hydrogen-bond donors (Lipinski definition) is 1. The van der Waals surface area contributed by atoms with Crippen LogP contribution in [0.4, 0.5) is 11.5 Å². The van der Waals surface area contributed by atoms with Gasteiger partial charge < -0.3 is 24.4 Å². The molecule has 0 bridgehead atoms. The van der Waals surface area contributed by atoms with E-state index in [0.29, 0.717) is 50.2 Å². The third kappa shape index (κ3) is 4.68. The fourth-order valence-corrected chi connectivity index (χ4v) is 3.81. The number of carbonyl (C=O) groups is 1. The predicted molar refractivity (Wildman–Crippen MR) is 109 cm³/mol. The number of pyridine rings is 1. The molecule has 29 heavy (non-hydrogen) atoms. The summed E-state index contributed by atoms with van der Waals surface area (Å²) in [7, 11) is 0. The van der Waals surface area contributed by atoms with Gasteiger partial charge >= 0.3 is 0 Å². The molecule has 2 saturated heterocycles. The van der Waals surface area contributed by atoms with Crippen LogP contribution >= 0.6 is 0 Å². The average Bonchev–Trinajstić information content (AvgIpc) is 3.30. The van der Waals surface area contributed by atoms with Crippen LogP contribution in [-0.4, -0.2) is 55.0 Å². The van der Waals surface area contributed by atoms with E-state index in [0.717, 1.165) is 24.3 Å². The minimum Gasteiger partial charge on any atom is -0.494 e. The smallest absolute Gasteiger partial charge is 0.257 e. The molecule has 0 atom stereocenters. The van der Waals surface area contributed by atoms with Gasteiger partial charge in [-0.2, -0.15) is 0 Å². The molecule has 0 aliphatic carbocycles. The largest absolute Gasteiger partial charge is 0.494 e. The minimum absolute atomic E-state index is 0.00162. The molecule has 2 fully saturated rings. The van der Waals surface area contributed by atoms with Crippen molar-refractivity contribution in [2.45, 2.75) is 26.1 Å². The maximum atomic E-state index is 13.1. The van der Waals surface area contributed by atoms with Crippen LogP contribution < -0.4 is 10.1 Å². The lowest BCUT2D eigenvalue weighted by molar-refractivity contribution is -0.0956. The van der Waals surface area contributed by atoms with Gasteiger partial charge in [-0.3, -0.25) is 4.79 Å². The highest BCUT2D eigenvalue weighted by Gasteiger charge is 2.32. The van der Waals surface area contributed by atoms with E-state index in [9.17, 15) is 4.79 Å². The SMILES string of the molecule is CCOc1ccc(Nc2ncccc2C(=O)N2CCC(C3OCCO3)CC2)cc1. The number of amides is 1. The number of ether oxygens (including phenoxy) is 3. The molecule has 0 spiro atoms. The third-order valence-corrected chi connectivity index (χ3v) is 5.33. The highest BCUT2D eigenvalue weighted by Crippen LogP contribution is 2.28. The van der Waals surface area contributed by atoms with Gasteiger partial charge in [0, 0.05) is 30.9 Å². The van der Waals surface area contributed by atoms with Crippen molar-refractivity contribution in [3.63, 3.8) is 0 Å². The summed E-state index contributed by atoms with van der Waals surface area (Å²) in [6.07, 6.45) is 3.35. The minimum atomic E-state index is -0.109. The molecule has 7 heteroatoms. The Morgan fingerprint density at radius 1 is 1.17 bits per heavy atom. The van der Waals surface area contributed by atoms with Gasteiger partial charge in [0.25, 0.3) is 5.91 Å². The molecule has 1 amide bonds. The molecule has 154 valence electrons. The van der Waals surface area contributed by atoms with Crippen molar-refractivity contribution in [2.75, 3.05) is 38.2 Å². The molecule has 1 aromatic heterocycles. The van der Waals surface area contributed by atoms with Gasteiger partial charge in [-0.05, 0) is 56.2 Å². The van der Waals surface area contributed by atoms with Crippen molar-refractivity contribution in [2.24, 2.45) is 5.92 Å². The maximum absolute atomic E-state index is 13.1. The molecule has 1 aromatic carbocycles. The molecule has 0 radical (unpaired) electrons. The summed E-state index contributed by atoms with van der Waals surface area (Å²) < 4.78 is 16.7. The summed E-state index contributed by atoms with van der Waals surface area (Å²) in [5, 5.41) is 3.26. The zero-order chi connectivity index (χ0) is 20.1. The second-order valence-electron chi connectivity index (χ2n) is 7.22. The van der Waals surface area contributed by atoms with Crippen LogP contribution in [0.15, 0.2) is 42.6 Å². The van der Waals surface area contributed by atoms with E-state index in [4.69, 9.17) is 14.2 Å². The quantitative estimate of drug-likeness (QED) is 0.805. The highest BCUT2D eigenvalue weighted by atomic mass is 16.7. The van der Waals surface area contributed by atoms with Gasteiger partial charge in [0.05, 0.1) is 25.4 Å². The van der Waals surface area contributed by atoms with E-state index in [1.807, 2.05) is 42.2 Å². The first-order chi connectivity index (χ1) is 14.2. The number of nitrogens with one attached hydrogen (secondary N) is 1. The average molecular weight is 397 g/mol. The first-order valence-corrected chi connectivity index (χ1v) is 10.2. The molecule has 2 aliphatic heterocycles. The summed E-state index contributed by atoms with van der Waals surface area (Å²) in [6.45, 7) is 5.31. The van der Waals surface area contributed by atoms with Crippen LogP contribution in [0, 0.1) is 5.92 Å². The van der Waals surface area contributed by atoms with E-state index in [-0.39, 0.29) is 12.2 Å². The number of nitrogens with zero attached hydrogens (tertiary/aromatic N) is 2. The number of anilines is 2. The molecule has 7 nitrogen and oxygen atoms in total. The van der Waals surface area contributed by atoms with E-state index in [2.05, 4.69) is 10.3 Å². The number of aromatic nitrogens is 1. The van der Waals surface area contributed by atoms with Crippen LogP contribution in [0.5, 0.6) is 5.75 Å². The van der Waals surface area contributed by atoms with Crippen molar-refractivity contribution < 1.29 is 19.0 Å². The Morgan fingerprint density at radius 3 is 2.59 bits per heavy atom. The number of carbonyl (C=O) groups excluding carboxylic acids is 1. The van der Waals surface area contributed by atoms with E-state index < -0.39 is 0 Å². The summed E-state index contributed by atoms with van der Waals surface area (Å²) in [5.74, 6) is 1.73. The summed E-state index contributed by atoms with van der Waals surface area (Å²) in [4.78, 5) is 19.4. The lowest BCUT2D eigenvalue weighted by Crippen LogP contribution is -2.41. The van der Waals surface area contributed by atoms with Crippen LogP contribution in [0.2, 0.25) is 0 Å². The van der Waals surface area contributed by atoms with Gasteiger partial charge in [-0.25, -0.2) is 4.98 Å². The normalized spacial score (nSPS) is 18.0. The molecule has 4 rings (SSSR count). The zero-order valence-corrected chi connectivity index (χ0v) is 16.7. The van der Waals surface area contributed by atoms with Crippen LogP contribution in [0.1, 0.15) is 30.1 Å². The molecule has 0 saturated carbocycles. The van der Waals surface area contributed by atoms with Crippen molar-refractivity contribution in [3.8, 4) is 5.75 Å². The Hall–Kier alpha value is -2.64.